The second-order valence-electron chi connectivity index (χ2n) is 6.69. The molecule has 34 heavy (non-hydrogen) atoms. The summed E-state index contributed by atoms with van der Waals surface area (Å²) in [5.74, 6) is 0.297. The Balaban J connectivity index is 1.62. The van der Waals surface area contributed by atoms with Crippen LogP contribution in [-0.2, 0) is 4.79 Å². The number of hydrazone groups is 1. The van der Waals surface area contributed by atoms with Crippen molar-refractivity contribution in [2.45, 2.75) is 0 Å². The predicted octanol–water partition coefficient (Wildman–Crippen LogP) is 3.87. The lowest BCUT2D eigenvalue weighted by atomic mass is 10.2. The zero-order valence-electron chi connectivity index (χ0n) is 17.8. The Kier molecular flexibility index (Phi) is 7.68. The van der Waals surface area contributed by atoms with Gasteiger partial charge in [-0.25, -0.2) is 5.43 Å². The van der Waals surface area contributed by atoms with Crippen LogP contribution in [-0.4, -0.2) is 35.6 Å². The fraction of sp³-hybridized carbons (Fsp3) is 0.0909. The van der Waals surface area contributed by atoms with Crippen LogP contribution < -0.4 is 20.2 Å². The summed E-state index contributed by atoms with van der Waals surface area (Å²) in [4.78, 5) is 32.7. The van der Waals surface area contributed by atoms with Crippen LogP contribution in [0.15, 0.2) is 71.8 Å². The molecule has 3 aromatic carbocycles. The highest BCUT2D eigenvalue weighted by atomic mass is 16.6. The van der Waals surface area contributed by atoms with Crippen molar-refractivity contribution in [3.8, 4) is 17.2 Å². The number of carbonyl (C=O) groups excluding carboxylic acids is 1. The van der Waals surface area contributed by atoms with Crippen molar-refractivity contribution in [1.29, 1.82) is 0 Å². The molecule has 0 heterocycles. The normalized spacial score (nSPS) is 10.5. The maximum atomic E-state index is 12.0. The van der Waals surface area contributed by atoms with Gasteiger partial charge in [-0.05, 0) is 35.9 Å². The van der Waals surface area contributed by atoms with E-state index >= 15 is 0 Å². The molecule has 0 aliphatic rings. The fourth-order valence-corrected chi connectivity index (χ4v) is 2.82. The Morgan fingerprint density at radius 2 is 1.79 bits per heavy atom. The van der Waals surface area contributed by atoms with Crippen molar-refractivity contribution < 1.29 is 24.1 Å². The third-order valence-corrected chi connectivity index (χ3v) is 4.39. The summed E-state index contributed by atoms with van der Waals surface area (Å²) in [7, 11) is 1.53. The first kappa shape index (κ1) is 23.7. The molecule has 1 amide bonds. The molecule has 0 atom stereocenters. The smallest absolute Gasteiger partial charge is 0.318 e. The number of methoxy groups -OCH3 is 1. The Morgan fingerprint density at radius 1 is 1.00 bits per heavy atom. The van der Waals surface area contributed by atoms with Gasteiger partial charge in [0.1, 0.15) is 11.5 Å². The summed E-state index contributed by atoms with van der Waals surface area (Å²) in [5.41, 5.74) is 2.63. The van der Waals surface area contributed by atoms with Gasteiger partial charge < -0.3 is 14.8 Å². The van der Waals surface area contributed by atoms with Gasteiger partial charge in [-0.15, -0.1) is 0 Å². The Bertz CT molecular complexity index is 1250. The standard InChI is InChI=1S/C22H19N5O7/c1-33-20-8-3-2-7-18(20)23-14-22(28)25-24-13-15-5-4-6-17(11-15)34-21-10-9-16(26(29)30)12-19(21)27(31)32/h2-13,23H,14H2,1H3,(H,25,28)/b24-13+. The summed E-state index contributed by atoms with van der Waals surface area (Å²) in [6.45, 7) is -0.0370. The van der Waals surface area contributed by atoms with Gasteiger partial charge >= 0.3 is 5.69 Å². The number of hydrogen-bond donors (Lipinski definition) is 2. The maximum Gasteiger partial charge on any atom is 0.318 e. The minimum Gasteiger partial charge on any atom is -0.495 e. The number of rotatable bonds is 10. The van der Waals surface area contributed by atoms with E-state index in [0.29, 0.717) is 17.0 Å². The van der Waals surface area contributed by atoms with Gasteiger partial charge in [0.05, 0.1) is 41.5 Å². The van der Waals surface area contributed by atoms with Crippen LogP contribution >= 0.6 is 0 Å². The molecule has 0 unspecified atom stereocenters. The molecular formula is C22H19N5O7. The number of benzene rings is 3. The first-order chi connectivity index (χ1) is 16.4. The summed E-state index contributed by atoms with van der Waals surface area (Å²) in [6.07, 6.45) is 1.37. The number of para-hydroxylation sites is 2. The maximum absolute atomic E-state index is 12.0. The molecule has 0 radical (unpaired) electrons. The van der Waals surface area contributed by atoms with E-state index in [4.69, 9.17) is 9.47 Å². The lowest BCUT2D eigenvalue weighted by molar-refractivity contribution is -0.394. The van der Waals surface area contributed by atoms with Crippen LogP contribution in [0.1, 0.15) is 5.56 Å². The molecule has 0 aromatic heterocycles. The SMILES string of the molecule is COc1ccccc1NCC(=O)N/N=C/c1cccc(Oc2ccc([N+](=O)[O-])cc2[N+](=O)[O-])c1. The van der Waals surface area contributed by atoms with Crippen LogP contribution in [0.4, 0.5) is 17.1 Å². The molecule has 0 spiro atoms. The van der Waals surface area contributed by atoms with Crippen LogP contribution in [0.3, 0.4) is 0 Å². The number of hydrogen-bond acceptors (Lipinski definition) is 9. The average Bonchev–Trinajstić information content (AvgIpc) is 2.83. The Hall–Kier alpha value is -5.00. The van der Waals surface area contributed by atoms with Gasteiger partial charge in [-0.2, -0.15) is 5.10 Å². The summed E-state index contributed by atoms with van der Waals surface area (Å²) in [5, 5.41) is 29.0. The van der Waals surface area contributed by atoms with E-state index in [1.54, 1.807) is 36.4 Å². The van der Waals surface area contributed by atoms with E-state index in [1.807, 2.05) is 6.07 Å². The van der Waals surface area contributed by atoms with Gasteiger partial charge in [0.25, 0.3) is 11.6 Å². The lowest BCUT2D eigenvalue weighted by Gasteiger charge is -2.09. The Morgan fingerprint density at radius 3 is 2.53 bits per heavy atom. The van der Waals surface area contributed by atoms with Gasteiger partial charge in [0, 0.05) is 6.07 Å². The topological polar surface area (TPSA) is 158 Å². The number of anilines is 1. The number of nitro benzene ring substituents is 2. The highest BCUT2D eigenvalue weighted by molar-refractivity contribution is 5.84. The molecule has 3 rings (SSSR count). The van der Waals surface area contributed by atoms with E-state index in [2.05, 4.69) is 15.8 Å². The van der Waals surface area contributed by atoms with Crippen molar-refractivity contribution >= 4 is 29.2 Å². The van der Waals surface area contributed by atoms with Crippen LogP contribution in [0.5, 0.6) is 17.2 Å². The summed E-state index contributed by atoms with van der Waals surface area (Å²) in [6, 6.07) is 16.6. The first-order valence-electron chi connectivity index (χ1n) is 9.77. The highest BCUT2D eigenvalue weighted by Gasteiger charge is 2.21. The van der Waals surface area contributed by atoms with E-state index in [0.717, 1.165) is 18.2 Å². The number of non-ortho nitro benzene ring substituents is 1. The second kappa shape index (κ2) is 11.0. The minimum absolute atomic E-state index is 0.0370. The third kappa shape index (κ3) is 6.26. The quantitative estimate of drug-likeness (QED) is 0.259. The molecule has 0 aliphatic carbocycles. The molecule has 174 valence electrons. The van der Waals surface area contributed by atoms with Crippen molar-refractivity contribution in [2.24, 2.45) is 5.10 Å². The minimum atomic E-state index is -0.762. The molecule has 0 saturated heterocycles. The number of nitrogens with zero attached hydrogens (tertiary/aromatic N) is 3. The Labute approximate surface area is 193 Å². The van der Waals surface area contributed by atoms with E-state index in [9.17, 15) is 25.0 Å². The van der Waals surface area contributed by atoms with Gasteiger partial charge in [-0.3, -0.25) is 25.0 Å². The molecule has 0 aliphatic heterocycles. The number of carbonyl (C=O) groups is 1. The van der Waals surface area contributed by atoms with Crippen LogP contribution in [0.2, 0.25) is 0 Å². The van der Waals surface area contributed by atoms with Crippen molar-refractivity contribution in [2.75, 3.05) is 19.0 Å². The molecule has 0 saturated carbocycles. The summed E-state index contributed by atoms with van der Waals surface area (Å²) < 4.78 is 10.8. The molecular weight excluding hydrogens is 446 g/mol. The fourth-order valence-electron chi connectivity index (χ4n) is 2.82. The molecule has 0 fully saturated rings. The van der Waals surface area contributed by atoms with E-state index in [-0.39, 0.29) is 18.0 Å². The summed E-state index contributed by atoms with van der Waals surface area (Å²) >= 11 is 0. The predicted molar refractivity (Wildman–Crippen MR) is 123 cm³/mol. The zero-order chi connectivity index (χ0) is 24.5. The average molecular weight is 465 g/mol. The number of amides is 1. The third-order valence-electron chi connectivity index (χ3n) is 4.39. The number of nitro groups is 2. The van der Waals surface area contributed by atoms with Gasteiger partial charge in [0.15, 0.2) is 0 Å². The van der Waals surface area contributed by atoms with Gasteiger partial charge in [-0.1, -0.05) is 24.3 Å². The molecule has 3 aromatic rings. The monoisotopic (exact) mass is 465 g/mol. The van der Waals surface area contributed by atoms with Crippen molar-refractivity contribution in [3.63, 3.8) is 0 Å². The zero-order valence-corrected chi connectivity index (χ0v) is 17.8. The lowest BCUT2D eigenvalue weighted by Crippen LogP contribution is -2.26. The first-order valence-corrected chi connectivity index (χ1v) is 9.77. The van der Waals surface area contributed by atoms with Crippen molar-refractivity contribution in [1.82, 2.24) is 5.43 Å². The molecule has 12 heteroatoms. The van der Waals surface area contributed by atoms with E-state index in [1.165, 1.54) is 19.4 Å². The van der Waals surface area contributed by atoms with Gasteiger partial charge in [0.2, 0.25) is 5.75 Å². The number of ether oxygens (including phenoxy) is 2. The van der Waals surface area contributed by atoms with Crippen molar-refractivity contribution in [3.05, 3.63) is 92.5 Å². The van der Waals surface area contributed by atoms with Crippen LogP contribution in [0.25, 0.3) is 0 Å². The van der Waals surface area contributed by atoms with E-state index < -0.39 is 27.1 Å². The number of nitrogens with one attached hydrogen (secondary N) is 2. The highest BCUT2D eigenvalue weighted by Crippen LogP contribution is 2.34. The van der Waals surface area contributed by atoms with Crippen LogP contribution in [0, 0.1) is 20.2 Å². The second-order valence-corrected chi connectivity index (χ2v) is 6.69. The largest absolute Gasteiger partial charge is 0.495 e. The molecule has 12 nitrogen and oxygen atoms in total. The molecule has 0 bridgehead atoms. The molecule has 2 N–H and O–H groups in total.